The van der Waals surface area contributed by atoms with E-state index in [1.807, 2.05) is 13.8 Å². The number of aromatic nitrogens is 12. The molecule has 0 fully saturated rings. The molecule has 59 heavy (non-hydrogen) atoms. The molecular formula is C36H34N16O6S. The molecule has 0 saturated heterocycles. The molecule has 0 aliphatic rings. The molecular weight excluding hydrogens is 785 g/mol. The zero-order valence-corrected chi connectivity index (χ0v) is 32.9. The largest absolute Gasteiger partial charge is 0.443 e. The minimum absolute atomic E-state index is 0.0143. The highest BCUT2D eigenvalue weighted by atomic mass is 32.1. The van der Waals surface area contributed by atoms with Crippen LogP contribution in [0.15, 0.2) is 66.9 Å². The number of thiazole rings is 1. The molecule has 6 aromatic heterocycles. The Labute approximate surface area is 336 Å². The zero-order valence-electron chi connectivity index (χ0n) is 32.0. The minimum Gasteiger partial charge on any atom is -0.443 e. The third kappa shape index (κ3) is 8.48. The lowest BCUT2D eigenvalue weighted by atomic mass is 10.2. The van der Waals surface area contributed by atoms with Gasteiger partial charge >= 0.3 is 6.09 Å². The van der Waals surface area contributed by atoms with Gasteiger partial charge < -0.3 is 16.2 Å². The number of hydrogen-bond donors (Lipinski definition) is 2. The summed E-state index contributed by atoms with van der Waals surface area (Å²) < 4.78 is 9.78. The Hall–Kier alpha value is -7.82. The van der Waals surface area contributed by atoms with Crippen molar-refractivity contribution in [1.82, 2.24) is 59.5 Å². The van der Waals surface area contributed by atoms with Crippen molar-refractivity contribution < 1.29 is 19.4 Å². The number of carbonyl (C=O) groups is 1. The molecule has 0 radical (unpaired) electrons. The van der Waals surface area contributed by atoms with Crippen LogP contribution in [-0.2, 0) is 17.8 Å². The second-order valence-corrected chi connectivity index (χ2v) is 15.2. The predicted molar refractivity (Wildman–Crippen MR) is 215 cm³/mol. The van der Waals surface area contributed by atoms with Crippen molar-refractivity contribution in [2.75, 3.05) is 11.5 Å². The molecule has 8 aromatic rings. The maximum Gasteiger partial charge on any atom is 0.419 e. The summed E-state index contributed by atoms with van der Waals surface area (Å²) in [5, 5.41) is 39.4. The van der Waals surface area contributed by atoms with Crippen LogP contribution in [-0.4, -0.2) is 81.0 Å². The molecule has 4 N–H and O–H groups in total. The smallest absolute Gasteiger partial charge is 0.419 e. The van der Waals surface area contributed by atoms with Gasteiger partial charge in [-0.05, 0) is 57.9 Å². The Morgan fingerprint density at radius 1 is 0.763 bits per heavy atom. The maximum atomic E-state index is 12.6. The number of rotatable bonds is 8. The summed E-state index contributed by atoms with van der Waals surface area (Å²) in [4.78, 5) is 56.4. The van der Waals surface area contributed by atoms with Gasteiger partial charge in [-0.1, -0.05) is 34.7 Å². The zero-order chi connectivity index (χ0) is 42.2. The summed E-state index contributed by atoms with van der Waals surface area (Å²) in [7, 11) is 0. The number of ether oxygens (including phenoxy) is 1. The summed E-state index contributed by atoms with van der Waals surface area (Å²) in [6.07, 6.45) is 0.980. The van der Waals surface area contributed by atoms with E-state index < -0.39 is 21.5 Å². The molecule has 0 saturated carbocycles. The van der Waals surface area contributed by atoms with Gasteiger partial charge in [0, 0.05) is 35.3 Å². The first-order valence-corrected chi connectivity index (χ1v) is 18.4. The van der Waals surface area contributed by atoms with E-state index in [-0.39, 0.29) is 36.4 Å². The number of nitrogens with two attached hydrogens (primary N) is 2. The fraction of sp³-hybridized carbons (Fsp3) is 0.222. The van der Waals surface area contributed by atoms with Crippen LogP contribution in [0.2, 0.25) is 0 Å². The molecule has 0 bridgehead atoms. The molecule has 6 heterocycles. The molecule has 0 unspecified atom stereocenters. The van der Waals surface area contributed by atoms with Gasteiger partial charge in [0.2, 0.25) is 11.9 Å². The number of aryl methyl sites for hydroxylation is 2. The highest BCUT2D eigenvalue weighted by Crippen LogP contribution is 2.31. The van der Waals surface area contributed by atoms with Gasteiger partial charge in [0.25, 0.3) is 11.4 Å². The van der Waals surface area contributed by atoms with E-state index in [4.69, 9.17) is 16.2 Å². The number of benzene rings is 2. The van der Waals surface area contributed by atoms with E-state index in [1.165, 1.54) is 44.9 Å². The lowest BCUT2D eigenvalue weighted by molar-refractivity contribution is -0.385. The molecule has 2 aromatic carbocycles. The molecule has 8 rings (SSSR count). The van der Waals surface area contributed by atoms with E-state index >= 15 is 0 Å². The first kappa shape index (κ1) is 39.4. The van der Waals surface area contributed by atoms with E-state index in [0.717, 1.165) is 10.6 Å². The van der Waals surface area contributed by atoms with Crippen LogP contribution in [0.4, 0.5) is 28.1 Å². The standard InChI is InChI=1S/C20H20N8O4.C16H14N8O2S/c1-20(2,3)32-19(29)26-9-5-8-14(26)15-16-17(23-18(21)22-15)27(25-24-16)11-12-6-4-7-13(10-12)28(30)31;1-8-9(2)27-15(18-8)13-12-14(20-16(17)19-13)23(22-21-12)7-10-4-3-5-11(6-10)24(25)26/h4-10H,11H2,1-3H3,(H2,21,22,23);3-6H,7H2,1-2H3,(H2,17,19,20). The summed E-state index contributed by atoms with van der Waals surface area (Å²) in [5.41, 5.74) is 16.3. The number of non-ortho nitro benzene ring substituents is 2. The van der Waals surface area contributed by atoms with Crippen molar-refractivity contribution in [1.29, 1.82) is 0 Å². The van der Waals surface area contributed by atoms with E-state index in [1.54, 1.807) is 68.0 Å². The van der Waals surface area contributed by atoms with Gasteiger partial charge in [-0.2, -0.15) is 9.97 Å². The molecule has 0 aliphatic carbocycles. The topological polar surface area (TPSA) is 295 Å². The Morgan fingerprint density at radius 3 is 1.78 bits per heavy atom. The third-order valence-electron chi connectivity index (χ3n) is 8.48. The van der Waals surface area contributed by atoms with Crippen molar-refractivity contribution in [3.63, 3.8) is 0 Å². The quantitative estimate of drug-likeness (QED) is 0.141. The lowest BCUT2D eigenvalue weighted by Crippen LogP contribution is -2.27. The van der Waals surface area contributed by atoms with Gasteiger partial charge in [0.1, 0.15) is 22.0 Å². The fourth-order valence-electron chi connectivity index (χ4n) is 5.79. The Kier molecular flexibility index (Phi) is 10.4. The van der Waals surface area contributed by atoms with Gasteiger partial charge in [-0.25, -0.2) is 29.1 Å². The number of anilines is 2. The van der Waals surface area contributed by atoms with Crippen LogP contribution in [0.3, 0.4) is 0 Å². The Morgan fingerprint density at radius 2 is 1.29 bits per heavy atom. The summed E-state index contributed by atoms with van der Waals surface area (Å²) in [6, 6.07) is 15.9. The monoisotopic (exact) mass is 818 g/mol. The number of nitrogens with zero attached hydrogens (tertiary/aromatic N) is 14. The number of hydrogen-bond acceptors (Lipinski definition) is 18. The highest BCUT2D eigenvalue weighted by molar-refractivity contribution is 7.15. The third-order valence-corrected chi connectivity index (χ3v) is 9.56. The van der Waals surface area contributed by atoms with Gasteiger partial charge in [0.15, 0.2) is 22.3 Å². The average Bonchev–Trinajstić information content (AvgIpc) is 3.98. The number of fused-ring (bicyclic) bond motifs is 2. The van der Waals surface area contributed by atoms with Crippen molar-refractivity contribution in [3.8, 4) is 22.1 Å². The molecule has 0 amide bonds. The van der Waals surface area contributed by atoms with Crippen molar-refractivity contribution in [2.24, 2.45) is 0 Å². The van der Waals surface area contributed by atoms with Crippen molar-refractivity contribution in [3.05, 3.63) is 109 Å². The molecule has 22 nitrogen and oxygen atoms in total. The van der Waals surface area contributed by atoms with E-state index in [0.29, 0.717) is 55.5 Å². The average molecular weight is 819 g/mol. The van der Waals surface area contributed by atoms with E-state index in [9.17, 15) is 25.0 Å². The molecule has 0 atom stereocenters. The fourth-order valence-corrected chi connectivity index (χ4v) is 6.69. The number of nitro groups is 2. The van der Waals surface area contributed by atoms with Crippen LogP contribution < -0.4 is 11.5 Å². The van der Waals surface area contributed by atoms with Crippen LogP contribution in [0, 0.1) is 34.1 Å². The Balaban J connectivity index is 0.000000181. The van der Waals surface area contributed by atoms with Crippen molar-refractivity contribution >= 4 is 63.0 Å². The SMILES string of the molecule is CC(C)(C)OC(=O)n1cccc1-c1nc(N)nc2c1nnn2Cc1cccc([N+](=O)[O-])c1.Cc1nc(-c2nc(N)nc3c2nnn3Cc2cccc([N+](=O)[O-])c2)sc1C. The molecule has 0 spiro atoms. The van der Waals surface area contributed by atoms with Gasteiger partial charge in [-0.15, -0.1) is 21.5 Å². The Bertz CT molecular complexity index is 2890. The molecule has 300 valence electrons. The second-order valence-electron chi connectivity index (χ2n) is 14.0. The normalized spacial score (nSPS) is 11.4. The predicted octanol–water partition coefficient (Wildman–Crippen LogP) is 5.51. The summed E-state index contributed by atoms with van der Waals surface area (Å²) in [5.74, 6) is 0.0534. The van der Waals surface area contributed by atoms with Crippen LogP contribution in [0.5, 0.6) is 0 Å². The highest BCUT2D eigenvalue weighted by Gasteiger charge is 2.24. The van der Waals surface area contributed by atoms with Crippen molar-refractivity contribution in [2.45, 2.75) is 53.3 Å². The van der Waals surface area contributed by atoms with Crippen LogP contribution >= 0.6 is 11.3 Å². The van der Waals surface area contributed by atoms with E-state index in [2.05, 4.69) is 45.5 Å². The number of nitrogen functional groups attached to an aromatic ring is 2. The summed E-state index contributed by atoms with van der Waals surface area (Å²) >= 11 is 1.50. The molecule has 0 aliphatic heterocycles. The van der Waals surface area contributed by atoms with Crippen LogP contribution in [0.25, 0.3) is 44.4 Å². The minimum atomic E-state index is -0.680. The summed E-state index contributed by atoms with van der Waals surface area (Å²) in [6.45, 7) is 9.68. The maximum absolute atomic E-state index is 12.6. The number of carbonyl (C=O) groups excluding carboxylic acids is 1. The van der Waals surface area contributed by atoms with Crippen LogP contribution in [0.1, 0.15) is 42.5 Å². The first-order valence-electron chi connectivity index (χ1n) is 17.6. The first-order chi connectivity index (χ1) is 28.0. The van der Waals surface area contributed by atoms with Gasteiger partial charge in [-0.3, -0.25) is 24.8 Å². The lowest BCUT2D eigenvalue weighted by Gasteiger charge is -2.20. The second kappa shape index (κ2) is 15.6. The van der Waals surface area contributed by atoms with Gasteiger partial charge in [0.05, 0.1) is 34.3 Å². The molecule has 23 heteroatoms. The number of nitro benzene ring substituents is 2.